The van der Waals surface area contributed by atoms with E-state index in [0.29, 0.717) is 39.0 Å². The van der Waals surface area contributed by atoms with Crippen LogP contribution in [0.25, 0.3) is 0 Å². The van der Waals surface area contributed by atoms with Crippen molar-refractivity contribution in [2.24, 2.45) is 11.3 Å². The molecular formula is C19H23F4N3O5. The first-order valence-corrected chi connectivity index (χ1v) is 9.57. The van der Waals surface area contributed by atoms with Gasteiger partial charge < -0.3 is 20.0 Å². The van der Waals surface area contributed by atoms with Crippen molar-refractivity contribution in [2.45, 2.75) is 25.9 Å². The lowest BCUT2D eigenvalue weighted by molar-refractivity contribution is -0.192. The van der Waals surface area contributed by atoms with Gasteiger partial charge in [-0.25, -0.2) is 9.18 Å². The average Bonchev–Trinajstić information content (AvgIpc) is 2.95. The Morgan fingerprint density at radius 2 is 1.90 bits per heavy atom. The summed E-state index contributed by atoms with van der Waals surface area (Å²) >= 11 is 0. The van der Waals surface area contributed by atoms with Crippen molar-refractivity contribution >= 4 is 17.8 Å². The Morgan fingerprint density at radius 3 is 2.42 bits per heavy atom. The molecule has 0 radical (unpaired) electrons. The van der Waals surface area contributed by atoms with E-state index in [1.54, 1.807) is 4.90 Å². The molecule has 8 nitrogen and oxygen atoms in total. The highest BCUT2D eigenvalue weighted by Crippen LogP contribution is 2.43. The van der Waals surface area contributed by atoms with E-state index in [2.05, 4.69) is 9.88 Å². The van der Waals surface area contributed by atoms with Crippen molar-refractivity contribution in [3.63, 3.8) is 0 Å². The molecule has 2 fully saturated rings. The van der Waals surface area contributed by atoms with E-state index in [-0.39, 0.29) is 17.4 Å². The summed E-state index contributed by atoms with van der Waals surface area (Å²) in [5, 5.41) is 17.0. The Morgan fingerprint density at radius 1 is 1.26 bits per heavy atom. The van der Waals surface area contributed by atoms with Gasteiger partial charge in [-0.3, -0.25) is 14.6 Å². The number of carbonyl (C=O) groups excluding carboxylic acids is 1. The minimum atomic E-state index is -5.08. The molecular weight excluding hydrogens is 426 g/mol. The molecule has 2 aliphatic heterocycles. The molecule has 1 amide bonds. The number of fused-ring (bicyclic) bond motifs is 1. The Hall–Kier alpha value is -2.76. The molecule has 3 rings (SSSR count). The van der Waals surface area contributed by atoms with E-state index in [1.165, 1.54) is 12.3 Å². The van der Waals surface area contributed by atoms with E-state index in [9.17, 15) is 32.3 Å². The summed E-state index contributed by atoms with van der Waals surface area (Å²) in [6.45, 7) is 4.79. The average molecular weight is 449 g/mol. The van der Waals surface area contributed by atoms with Crippen LogP contribution in [-0.4, -0.2) is 81.7 Å². The molecule has 12 heteroatoms. The monoisotopic (exact) mass is 449 g/mol. The van der Waals surface area contributed by atoms with Crippen molar-refractivity contribution in [1.82, 2.24) is 14.8 Å². The van der Waals surface area contributed by atoms with E-state index < -0.39 is 29.3 Å². The second-order valence-corrected chi connectivity index (χ2v) is 7.50. The van der Waals surface area contributed by atoms with Crippen molar-refractivity contribution in [1.29, 1.82) is 0 Å². The highest BCUT2D eigenvalue weighted by atomic mass is 19.4. The molecule has 3 heterocycles. The van der Waals surface area contributed by atoms with Crippen molar-refractivity contribution in [3.05, 3.63) is 29.8 Å². The summed E-state index contributed by atoms with van der Waals surface area (Å²) in [7, 11) is 0. The summed E-state index contributed by atoms with van der Waals surface area (Å²) < 4.78 is 45.6. The number of carboxylic acids is 2. The highest BCUT2D eigenvalue weighted by molar-refractivity contribution is 5.94. The first kappa shape index (κ1) is 24.5. The lowest BCUT2D eigenvalue weighted by Crippen LogP contribution is -2.42. The number of carbonyl (C=O) groups is 3. The number of aliphatic carboxylic acids is 2. The molecule has 0 aromatic carbocycles. The molecule has 0 aliphatic carbocycles. The molecule has 2 saturated heterocycles. The molecule has 0 spiro atoms. The standard InChI is InChI=1S/C17H22FN3O3.C2HF3O2/c1-2-20-9-12-10-21(7-3-5-17(12,11-20)16(23)24)15(22)13-4-6-19-8-14(13)18;3-2(4,5)1(6)7/h4,6,8,12H,2-3,5,7,9-11H2,1H3,(H,23,24);(H,6,7)/t12-,17+;/m1./s1. The normalized spacial score (nSPS) is 23.9. The largest absolute Gasteiger partial charge is 0.490 e. The summed E-state index contributed by atoms with van der Waals surface area (Å²) in [6, 6.07) is 1.38. The zero-order chi connectivity index (χ0) is 23.4. The van der Waals surface area contributed by atoms with Crippen LogP contribution in [0.4, 0.5) is 17.6 Å². The topological polar surface area (TPSA) is 111 Å². The third kappa shape index (κ3) is 5.49. The second-order valence-electron chi connectivity index (χ2n) is 7.50. The van der Waals surface area contributed by atoms with Crippen LogP contribution in [0.3, 0.4) is 0 Å². The fourth-order valence-electron chi connectivity index (χ4n) is 4.03. The van der Waals surface area contributed by atoms with Gasteiger partial charge >= 0.3 is 18.1 Å². The lowest BCUT2D eigenvalue weighted by atomic mass is 9.75. The third-order valence-corrected chi connectivity index (χ3v) is 5.66. The minimum absolute atomic E-state index is 0.00169. The second kappa shape index (κ2) is 9.58. The van der Waals surface area contributed by atoms with E-state index in [0.717, 1.165) is 12.7 Å². The smallest absolute Gasteiger partial charge is 0.481 e. The van der Waals surface area contributed by atoms with Crippen LogP contribution >= 0.6 is 0 Å². The van der Waals surface area contributed by atoms with Gasteiger partial charge in [0.25, 0.3) is 5.91 Å². The number of rotatable bonds is 3. The third-order valence-electron chi connectivity index (χ3n) is 5.66. The van der Waals surface area contributed by atoms with Crippen LogP contribution in [0.15, 0.2) is 18.5 Å². The molecule has 31 heavy (non-hydrogen) atoms. The summed E-state index contributed by atoms with van der Waals surface area (Å²) in [6.07, 6.45) is -1.50. The summed E-state index contributed by atoms with van der Waals surface area (Å²) in [5.74, 6) is -4.70. The zero-order valence-electron chi connectivity index (χ0n) is 16.7. The molecule has 0 saturated carbocycles. The van der Waals surface area contributed by atoms with Gasteiger partial charge in [0.15, 0.2) is 5.82 Å². The molecule has 0 bridgehead atoms. The van der Waals surface area contributed by atoms with E-state index >= 15 is 0 Å². The lowest BCUT2D eigenvalue weighted by Gasteiger charge is -2.29. The number of nitrogens with zero attached hydrogens (tertiary/aromatic N) is 3. The number of halogens is 4. The molecule has 2 atom stereocenters. The Kier molecular flexibility index (Phi) is 7.58. The molecule has 1 aromatic rings. The summed E-state index contributed by atoms with van der Waals surface area (Å²) in [5.41, 5.74) is -0.805. The predicted octanol–water partition coefficient (Wildman–Crippen LogP) is 2.11. The van der Waals surface area contributed by atoms with Gasteiger partial charge in [0, 0.05) is 38.3 Å². The number of alkyl halides is 3. The number of hydrogen-bond acceptors (Lipinski definition) is 5. The first-order valence-electron chi connectivity index (χ1n) is 9.57. The quantitative estimate of drug-likeness (QED) is 0.680. The van der Waals surface area contributed by atoms with Crippen LogP contribution in [-0.2, 0) is 9.59 Å². The van der Waals surface area contributed by atoms with Crippen molar-refractivity contribution < 1.29 is 42.2 Å². The fourth-order valence-corrected chi connectivity index (χ4v) is 4.03. The van der Waals surface area contributed by atoms with Crippen molar-refractivity contribution in [3.8, 4) is 0 Å². The fraction of sp³-hybridized carbons (Fsp3) is 0.579. The SMILES string of the molecule is CCN1C[C@@H]2CN(C(=O)c3ccncc3F)CCC[C@]2(C(=O)O)C1.O=C(O)C(F)(F)F. The zero-order valence-corrected chi connectivity index (χ0v) is 16.7. The highest BCUT2D eigenvalue weighted by Gasteiger charge is 2.53. The number of pyridine rings is 1. The molecule has 0 unspecified atom stereocenters. The Bertz CT molecular complexity index is 835. The van der Waals surface area contributed by atoms with Gasteiger partial charge in [0.2, 0.25) is 0 Å². The number of carboxylic acid groups (broad SMARTS) is 2. The number of likely N-dealkylation sites (tertiary alicyclic amines) is 2. The summed E-state index contributed by atoms with van der Waals surface area (Å²) in [4.78, 5) is 41.0. The molecule has 172 valence electrons. The maximum absolute atomic E-state index is 13.9. The van der Waals surface area contributed by atoms with Gasteiger partial charge in [-0.05, 0) is 25.5 Å². The van der Waals surface area contributed by atoms with Crippen LogP contribution in [0.5, 0.6) is 0 Å². The van der Waals surface area contributed by atoms with Crippen LogP contribution in [0.1, 0.15) is 30.1 Å². The maximum Gasteiger partial charge on any atom is 0.490 e. The molecule has 2 aliphatic rings. The molecule has 1 aromatic heterocycles. The van der Waals surface area contributed by atoms with E-state index in [1.807, 2.05) is 6.92 Å². The van der Waals surface area contributed by atoms with Gasteiger partial charge in [-0.2, -0.15) is 13.2 Å². The Labute approximate surface area is 175 Å². The van der Waals surface area contributed by atoms with Crippen LogP contribution in [0.2, 0.25) is 0 Å². The van der Waals surface area contributed by atoms with Gasteiger partial charge in [0.05, 0.1) is 17.2 Å². The van der Waals surface area contributed by atoms with Crippen LogP contribution in [0, 0.1) is 17.2 Å². The maximum atomic E-state index is 13.9. The van der Waals surface area contributed by atoms with Crippen molar-refractivity contribution in [2.75, 3.05) is 32.7 Å². The van der Waals surface area contributed by atoms with E-state index in [4.69, 9.17) is 9.90 Å². The number of hydrogen-bond donors (Lipinski definition) is 2. The van der Waals surface area contributed by atoms with Gasteiger partial charge in [0.1, 0.15) is 0 Å². The van der Waals surface area contributed by atoms with Gasteiger partial charge in [-0.15, -0.1) is 0 Å². The van der Waals surface area contributed by atoms with Crippen LogP contribution < -0.4 is 0 Å². The van der Waals surface area contributed by atoms with Gasteiger partial charge in [-0.1, -0.05) is 6.92 Å². The minimum Gasteiger partial charge on any atom is -0.481 e. The predicted molar refractivity (Wildman–Crippen MR) is 98.7 cm³/mol. The number of amides is 1. The first-order chi connectivity index (χ1) is 14.4. The number of aromatic nitrogens is 1. The Balaban J connectivity index is 0.000000423. The molecule has 2 N–H and O–H groups in total.